The second kappa shape index (κ2) is 8.04. The maximum atomic E-state index is 13.1. The minimum absolute atomic E-state index is 0.0291. The fourth-order valence-electron chi connectivity index (χ4n) is 2.74. The van der Waals surface area contributed by atoms with E-state index in [1.165, 1.54) is 12.1 Å². The summed E-state index contributed by atoms with van der Waals surface area (Å²) in [4.78, 5) is 12.2. The van der Waals surface area contributed by atoms with Crippen molar-refractivity contribution < 1.29 is 13.9 Å². The Kier molecular flexibility index (Phi) is 5.56. The Labute approximate surface area is 141 Å². The Morgan fingerprint density at radius 2 is 1.92 bits per heavy atom. The van der Waals surface area contributed by atoms with E-state index in [2.05, 4.69) is 5.43 Å². The van der Waals surface area contributed by atoms with E-state index in [-0.39, 0.29) is 17.8 Å². The molecule has 0 bridgehead atoms. The Morgan fingerprint density at radius 1 is 1.12 bits per heavy atom. The molecule has 2 aromatic rings. The van der Waals surface area contributed by atoms with Crippen LogP contribution in [0.2, 0.25) is 0 Å². The fourth-order valence-corrected chi connectivity index (χ4v) is 2.74. The molecule has 1 aliphatic rings. The third-order valence-electron chi connectivity index (χ3n) is 4.07. The molecule has 0 radical (unpaired) electrons. The largest absolute Gasteiger partial charge is 0.373 e. The van der Waals surface area contributed by atoms with Crippen LogP contribution >= 0.6 is 0 Å². The summed E-state index contributed by atoms with van der Waals surface area (Å²) in [5.74, 6) is -0.242. The zero-order valence-electron chi connectivity index (χ0n) is 13.5. The molecule has 1 N–H and O–H groups in total. The van der Waals surface area contributed by atoms with Gasteiger partial charge in [-0.15, -0.1) is 0 Å². The van der Waals surface area contributed by atoms with Crippen LogP contribution in [-0.2, 0) is 22.7 Å². The van der Waals surface area contributed by atoms with Crippen molar-refractivity contribution in [1.29, 1.82) is 0 Å². The van der Waals surface area contributed by atoms with Gasteiger partial charge in [-0.1, -0.05) is 42.5 Å². The lowest BCUT2D eigenvalue weighted by molar-refractivity contribution is -0.143. The summed E-state index contributed by atoms with van der Waals surface area (Å²) in [6, 6.07) is 16.3. The number of ether oxygens (including phenoxy) is 1. The maximum absolute atomic E-state index is 13.1. The number of halogens is 1. The first-order valence-electron chi connectivity index (χ1n) is 8.14. The van der Waals surface area contributed by atoms with Crippen LogP contribution in [0.1, 0.15) is 24.0 Å². The Hall–Kier alpha value is -2.24. The minimum Gasteiger partial charge on any atom is -0.373 e. The number of benzene rings is 2. The molecule has 1 heterocycles. The van der Waals surface area contributed by atoms with E-state index in [0.717, 1.165) is 17.5 Å². The van der Waals surface area contributed by atoms with Crippen molar-refractivity contribution in [2.24, 2.45) is 0 Å². The standard InChI is InChI=1S/C19H21FN2O2/c20-17-8-4-7-16(11-17)14-24-18-9-10-22(19(23)12-18)21-13-15-5-2-1-3-6-15/h1-8,11,18,21H,9-10,12-14H2. The number of hydrazine groups is 1. The van der Waals surface area contributed by atoms with Gasteiger partial charge in [-0.05, 0) is 29.7 Å². The average Bonchev–Trinajstić information content (AvgIpc) is 2.60. The number of hydrogen-bond acceptors (Lipinski definition) is 3. The summed E-state index contributed by atoms with van der Waals surface area (Å²) in [6.45, 7) is 1.56. The van der Waals surface area contributed by atoms with Crippen molar-refractivity contribution in [3.05, 3.63) is 71.5 Å². The smallest absolute Gasteiger partial charge is 0.239 e. The van der Waals surface area contributed by atoms with Gasteiger partial charge in [-0.25, -0.2) is 9.82 Å². The molecule has 1 saturated heterocycles. The van der Waals surface area contributed by atoms with E-state index in [0.29, 0.717) is 26.1 Å². The van der Waals surface area contributed by atoms with Gasteiger partial charge in [0.1, 0.15) is 5.82 Å². The number of nitrogens with zero attached hydrogens (tertiary/aromatic N) is 1. The molecule has 0 aromatic heterocycles. The van der Waals surface area contributed by atoms with Crippen LogP contribution in [0.3, 0.4) is 0 Å². The number of rotatable bonds is 6. The lowest BCUT2D eigenvalue weighted by atomic mass is 10.1. The molecule has 4 nitrogen and oxygen atoms in total. The molecular weight excluding hydrogens is 307 g/mol. The van der Waals surface area contributed by atoms with Gasteiger partial charge in [0.05, 0.1) is 19.1 Å². The van der Waals surface area contributed by atoms with Crippen LogP contribution in [0, 0.1) is 5.82 Å². The topological polar surface area (TPSA) is 41.6 Å². The van der Waals surface area contributed by atoms with Gasteiger partial charge in [0, 0.05) is 13.1 Å². The van der Waals surface area contributed by atoms with Crippen molar-refractivity contribution in [2.75, 3.05) is 6.54 Å². The number of nitrogens with one attached hydrogen (secondary N) is 1. The monoisotopic (exact) mass is 328 g/mol. The highest BCUT2D eigenvalue weighted by Gasteiger charge is 2.26. The summed E-state index contributed by atoms with van der Waals surface area (Å²) < 4.78 is 18.9. The van der Waals surface area contributed by atoms with Crippen LogP contribution in [0.4, 0.5) is 4.39 Å². The molecule has 3 rings (SSSR count). The predicted molar refractivity (Wildman–Crippen MR) is 89.2 cm³/mol. The summed E-state index contributed by atoms with van der Waals surface area (Å²) in [7, 11) is 0. The Balaban J connectivity index is 1.44. The summed E-state index contributed by atoms with van der Waals surface area (Å²) in [6.07, 6.45) is 0.996. The first-order chi connectivity index (χ1) is 11.7. The maximum Gasteiger partial charge on any atom is 0.239 e. The molecule has 1 amide bonds. The van der Waals surface area contributed by atoms with Crippen LogP contribution in [0.15, 0.2) is 54.6 Å². The number of carbonyl (C=O) groups is 1. The second-order valence-corrected chi connectivity index (χ2v) is 5.92. The quantitative estimate of drug-likeness (QED) is 0.886. The van der Waals surface area contributed by atoms with Crippen LogP contribution < -0.4 is 5.43 Å². The van der Waals surface area contributed by atoms with Gasteiger partial charge >= 0.3 is 0 Å². The molecule has 126 valence electrons. The Morgan fingerprint density at radius 3 is 2.67 bits per heavy atom. The molecule has 0 saturated carbocycles. The highest BCUT2D eigenvalue weighted by Crippen LogP contribution is 2.16. The normalized spacial score (nSPS) is 18.0. The molecule has 0 spiro atoms. The summed E-state index contributed by atoms with van der Waals surface area (Å²) in [5, 5.41) is 1.66. The lowest BCUT2D eigenvalue weighted by Gasteiger charge is -2.32. The highest BCUT2D eigenvalue weighted by atomic mass is 19.1. The van der Waals surface area contributed by atoms with Crippen LogP contribution in [0.5, 0.6) is 0 Å². The van der Waals surface area contributed by atoms with Gasteiger partial charge in [-0.2, -0.15) is 0 Å². The van der Waals surface area contributed by atoms with Crippen molar-refractivity contribution in [3.63, 3.8) is 0 Å². The van der Waals surface area contributed by atoms with Gasteiger partial charge in [0.2, 0.25) is 5.91 Å². The third kappa shape index (κ3) is 4.63. The van der Waals surface area contributed by atoms with Crippen molar-refractivity contribution >= 4 is 5.91 Å². The molecule has 1 unspecified atom stereocenters. The van der Waals surface area contributed by atoms with E-state index in [1.54, 1.807) is 11.1 Å². The minimum atomic E-state index is -0.271. The van der Waals surface area contributed by atoms with E-state index < -0.39 is 0 Å². The van der Waals surface area contributed by atoms with Crippen LogP contribution in [0.25, 0.3) is 0 Å². The second-order valence-electron chi connectivity index (χ2n) is 5.92. The third-order valence-corrected chi connectivity index (χ3v) is 4.07. The molecule has 1 fully saturated rings. The average molecular weight is 328 g/mol. The van der Waals surface area contributed by atoms with Crippen LogP contribution in [-0.4, -0.2) is 23.6 Å². The van der Waals surface area contributed by atoms with E-state index in [1.807, 2.05) is 36.4 Å². The zero-order valence-corrected chi connectivity index (χ0v) is 13.5. The lowest BCUT2D eigenvalue weighted by Crippen LogP contribution is -2.48. The van der Waals surface area contributed by atoms with Crippen molar-refractivity contribution in [2.45, 2.75) is 32.1 Å². The molecular formula is C19H21FN2O2. The molecule has 5 heteroatoms. The fraction of sp³-hybridized carbons (Fsp3) is 0.316. The molecule has 1 aliphatic heterocycles. The van der Waals surface area contributed by atoms with E-state index in [4.69, 9.17) is 4.74 Å². The molecule has 24 heavy (non-hydrogen) atoms. The number of amides is 1. The van der Waals surface area contributed by atoms with E-state index >= 15 is 0 Å². The Bertz CT molecular complexity index is 678. The number of carbonyl (C=O) groups excluding carboxylic acids is 1. The van der Waals surface area contributed by atoms with E-state index in [9.17, 15) is 9.18 Å². The number of piperidine rings is 1. The molecule has 1 atom stereocenters. The zero-order chi connectivity index (χ0) is 16.8. The highest BCUT2D eigenvalue weighted by molar-refractivity contribution is 5.77. The van der Waals surface area contributed by atoms with Crippen molar-refractivity contribution in [1.82, 2.24) is 10.4 Å². The first kappa shape index (κ1) is 16.6. The molecule has 2 aromatic carbocycles. The predicted octanol–water partition coefficient (Wildman–Crippen LogP) is 3.04. The van der Waals surface area contributed by atoms with Gasteiger partial charge in [0.25, 0.3) is 0 Å². The summed E-state index contributed by atoms with van der Waals surface area (Å²) >= 11 is 0. The van der Waals surface area contributed by atoms with Gasteiger partial charge in [-0.3, -0.25) is 9.80 Å². The first-order valence-corrected chi connectivity index (χ1v) is 8.14. The SMILES string of the molecule is O=C1CC(OCc2cccc(F)c2)CCN1NCc1ccccc1. The van der Waals surface area contributed by atoms with Crippen molar-refractivity contribution in [3.8, 4) is 0 Å². The van der Waals surface area contributed by atoms with Gasteiger partial charge in [0.15, 0.2) is 0 Å². The number of hydrogen-bond donors (Lipinski definition) is 1. The summed E-state index contributed by atoms with van der Waals surface area (Å²) in [5.41, 5.74) is 5.09. The van der Waals surface area contributed by atoms with Gasteiger partial charge < -0.3 is 4.74 Å². The molecule has 0 aliphatic carbocycles.